The summed E-state index contributed by atoms with van der Waals surface area (Å²) in [5.74, 6) is 0.802. The third kappa shape index (κ3) is 4.30. The first kappa shape index (κ1) is 19.2. The highest BCUT2D eigenvalue weighted by atomic mass is 16.5. The lowest BCUT2D eigenvalue weighted by Gasteiger charge is -2.15. The second-order valence-electron chi connectivity index (χ2n) is 7.44. The number of carbonyl (C=O) groups is 1. The van der Waals surface area contributed by atoms with E-state index in [1.807, 2.05) is 72.8 Å². The number of methoxy groups -OCH3 is 1. The van der Waals surface area contributed by atoms with Gasteiger partial charge in [0.2, 0.25) is 0 Å². The Morgan fingerprint density at radius 2 is 1.59 bits per heavy atom. The SMILES string of the molecule is COc1c(CC(O)CC(=O)Cc2ccc3ccccc3c2)ccc2ccccc12. The van der Waals surface area contributed by atoms with E-state index in [9.17, 15) is 9.90 Å². The zero-order valence-electron chi connectivity index (χ0n) is 16.5. The van der Waals surface area contributed by atoms with Crippen molar-refractivity contribution in [2.45, 2.75) is 25.4 Å². The van der Waals surface area contributed by atoms with Gasteiger partial charge in [-0.3, -0.25) is 4.79 Å². The normalized spacial score (nSPS) is 12.2. The van der Waals surface area contributed by atoms with Crippen molar-refractivity contribution >= 4 is 27.3 Å². The Kier molecular flexibility index (Phi) is 5.59. The minimum absolute atomic E-state index is 0.0348. The van der Waals surface area contributed by atoms with Crippen molar-refractivity contribution < 1.29 is 14.6 Å². The summed E-state index contributed by atoms with van der Waals surface area (Å²) >= 11 is 0. The molecule has 0 saturated heterocycles. The van der Waals surface area contributed by atoms with Crippen LogP contribution in [-0.4, -0.2) is 24.1 Å². The van der Waals surface area contributed by atoms with E-state index in [1.54, 1.807) is 7.11 Å². The number of carbonyl (C=O) groups excluding carboxylic acids is 1. The van der Waals surface area contributed by atoms with Crippen LogP contribution in [0.2, 0.25) is 0 Å². The van der Waals surface area contributed by atoms with E-state index < -0.39 is 6.10 Å². The van der Waals surface area contributed by atoms with Crippen LogP contribution in [0.4, 0.5) is 0 Å². The Hall–Kier alpha value is -3.17. The molecule has 0 radical (unpaired) electrons. The molecule has 3 heteroatoms. The van der Waals surface area contributed by atoms with E-state index in [2.05, 4.69) is 6.07 Å². The minimum Gasteiger partial charge on any atom is -0.496 e. The highest BCUT2D eigenvalue weighted by Crippen LogP contribution is 2.30. The standard InChI is InChI=1S/C26H24O3/c1-29-26-22(13-12-20-7-4-5-9-25(20)26)16-24(28)17-23(27)15-18-10-11-19-6-2-3-8-21(19)14-18/h2-14,24,28H,15-17H2,1H3. The second-order valence-corrected chi connectivity index (χ2v) is 7.44. The van der Waals surface area contributed by atoms with Gasteiger partial charge in [0.15, 0.2) is 0 Å². The van der Waals surface area contributed by atoms with Crippen LogP contribution in [-0.2, 0) is 17.6 Å². The van der Waals surface area contributed by atoms with E-state index in [1.165, 1.54) is 0 Å². The first-order chi connectivity index (χ1) is 14.1. The lowest BCUT2D eigenvalue weighted by Crippen LogP contribution is -2.18. The number of benzene rings is 4. The van der Waals surface area contributed by atoms with Crippen LogP contribution in [0.15, 0.2) is 78.9 Å². The Morgan fingerprint density at radius 3 is 2.38 bits per heavy atom. The number of Topliss-reactive ketones (excluding diaryl/α,β-unsaturated/α-hetero) is 1. The van der Waals surface area contributed by atoms with Crippen molar-refractivity contribution in [2.24, 2.45) is 0 Å². The number of aliphatic hydroxyl groups excluding tert-OH is 1. The fourth-order valence-electron chi connectivity index (χ4n) is 3.93. The molecule has 0 fully saturated rings. The number of fused-ring (bicyclic) bond motifs is 2. The average Bonchev–Trinajstić information content (AvgIpc) is 2.73. The first-order valence-corrected chi connectivity index (χ1v) is 9.86. The highest BCUT2D eigenvalue weighted by Gasteiger charge is 2.16. The monoisotopic (exact) mass is 384 g/mol. The maximum atomic E-state index is 12.5. The number of hydrogen-bond acceptors (Lipinski definition) is 3. The minimum atomic E-state index is -0.738. The van der Waals surface area contributed by atoms with Crippen LogP contribution in [0.3, 0.4) is 0 Å². The number of ketones is 1. The summed E-state index contributed by atoms with van der Waals surface area (Å²) in [4.78, 5) is 12.5. The van der Waals surface area contributed by atoms with Crippen LogP contribution >= 0.6 is 0 Å². The number of ether oxygens (including phenoxy) is 1. The Labute approximate surface area is 170 Å². The lowest BCUT2D eigenvalue weighted by atomic mass is 9.97. The zero-order chi connectivity index (χ0) is 20.2. The van der Waals surface area contributed by atoms with Crippen LogP contribution < -0.4 is 4.74 Å². The molecule has 4 rings (SSSR count). The van der Waals surface area contributed by atoms with Crippen molar-refractivity contribution in [1.82, 2.24) is 0 Å². The second kappa shape index (κ2) is 8.46. The Bertz CT molecular complexity index is 1160. The molecule has 0 aliphatic heterocycles. The maximum absolute atomic E-state index is 12.5. The first-order valence-electron chi connectivity index (χ1n) is 9.86. The maximum Gasteiger partial charge on any atom is 0.139 e. The molecule has 0 aliphatic rings. The molecular formula is C26H24O3. The van der Waals surface area contributed by atoms with Crippen molar-refractivity contribution in [3.63, 3.8) is 0 Å². The summed E-state index contributed by atoms with van der Waals surface area (Å²) in [6.07, 6.45) is 0.106. The zero-order valence-corrected chi connectivity index (χ0v) is 16.5. The molecule has 0 spiro atoms. The predicted molar refractivity (Wildman–Crippen MR) is 117 cm³/mol. The van der Waals surface area contributed by atoms with E-state index in [-0.39, 0.29) is 12.2 Å². The smallest absolute Gasteiger partial charge is 0.139 e. The molecule has 4 aromatic rings. The number of hydrogen-bond donors (Lipinski definition) is 1. The molecule has 4 aromatic carbocycles. The molecule has 146 valence electrons. The molecule has 0 aromatic heterocycles. The summed E-state index contributed by atoms with van der Waals surface area (Å²) in [7, 11) is 1.64. The topological polar surface area (TPSA) is 46.5 Å². The van der Waals surface area contributed by atoms with E-state index in [4.69, 9.17) is 4.74 Å². The summed E-state index contributed by atoms with van der Waals surface area (Å²) in [5.41, 5.74) is 1.89. The van der Waals surface area contributed by atoms with Crippen LogP contribution in [0.1, 0.15) is 17.5 Å². The van der Waals surface area contributed by atoms with Gasteiger partial charge in [0.05, 0.1) is 13.2 Å². The molecule has 0 saturated carbocycles. The molecule has 0 heterocycles. The fraction of sp³-hybridized carbons (Fsp3) is 0.192. The largest absolute Gasteiger partial charge is 0.496 e. The molecule has 29 heavy (non-hydrogen) atoms. The highest BCUT2D eigenvalue weighted by molar-refractivity contribution is 5.90. The van der Waals surface area contributed by atoms with Gasteiger partial charge in [-0.15, -0.1) is 0 Å². The van der Waals surface area contributed by atoms with Crippen LogP contribution in [0.25, 0.3) is 21.5 Å². The van der Waals surface area contributed by atoms with Crippen molar-refractivity contribution in [2.75, 3.05) is 7.11 Å². The molecule has 1 unspecified atom stereocenters. The van der Waals surface area contributed by atoms with Crippen molar-refractivity contribution in [3.05, 3.63) is 90.0 Å². The van der Waals surface area contributed by atoms with Crippen LogP contribution in [0, 0.1) is 0 Å². The van der Waals surface area contributed by atoms with Gasteiger partial charge in [-0.1, -0.05) is 78.9 Å². The third-order valence-electron chi connectivity index (χ3n) is 5.30. The molecule has 1 atom stereocenters. The van der Waals surface area contributed by atoms with Gasteiger partial charge in [0, 0.05) is 24.6 Å². The molecule has 1 N–H and O–H groups in total. The van der Waals surface area contributed by atoms with E-state index in [0.29, 0.717) is 12.8 Å². The van der Waals surface area contributed by atoms with Crippen molar-refractivity contribution in [3.8, 4) is 5.75 Å². The molecule has 3 nitrogen and oxygen atoms in total. The fourth-order valence-corrected chi connectivity index (χ4v) is 3.93. The van der Waals surface area contributed by atoms with Gasteiger partial charge in [-0.25, -0.2) is 0 Å². The summed E-state index contributed by atoms with van der Waals surface area (Å²) in [6.45, 7) is 0. The number of aliphatic hydroxyl groups is 1. The lowest BCUT2D eigenvalue weighted by molar-refractivity contribution is -0.120. The predicted octanol–water partition coefficient (Wildman–Crippen LogP) is 5.11. The van der Waals surface area contributed by atoms with Gasteiger partial charge in [0.25, 0.3) is 0 Å². The van der Waals surface area contributed by atoms with E-state index in [0.717, 1.165) is 38.4 Å². The van der Waals surface area contributed by atoms with Gasteiger partial charge >= 0.3 is 0 Å². The average molecular weight is 384 g/mol. The van der Waals surface area contributed by atoms with Crippen molar-refractivity contribution in [1.29, 1.82) is 0 Å². The van der Waals surface area contributed by atoms with E-state index >= 15 is 0 Å². The van der Waals surface area contributed by atoms with Gasteiger partial charge in [0.1, 0.15) is 11.5 Å². The molecule has 0 bridgehead atoms. The Balaban J connectivity index is 1.44. The molecule has 0 amide bonds. The van der Waals surface area contributed by atoms with Crippen LogP contribution in [0.5, 0.6) is 5.75 Å². The van der Waals surface area contributed by atoms with Gasteiger partial charge in [-0.2, -0.15) is 0 Å². The summed E-state index contributed by atoms with van der Waals surface area (Å²) in [6, 6.07) is 26.2. The van der Waals surface area contributed by atoms with Gasteiger partial charge in [-0.05, 0) is 27.3 Å². The molecule has 0 aliphatic carbocycles. The summed E-state index contributed by atoms with van der Waals surface area (Å²) < 4.78 is 5.60. The quantitative estimate of drug-likeness (QED) is 0.482. The summed E-state index contributed by atoms with van der Waals surface area (Å²) in [5, 5.41) is 14.9. The van der Waals surface area contributed by atoms with Gasteiger partial charge < -0.3 is 9.84 Å². The Morgan fingerprint density at radius 1 is 0.897 bits per heavy atom. The number of rotatable bonds is 7. The third-order valence-corrected chi connectivity index (χ3v) is 5.30. The molecular weight excluding hydrogens is 360 g/mol.